The van der Waals surface area contributed by atoms with Crippen molar-refractivity contribution in [2.45, 2.75) is 76.7 Å². The molecule has 5 heteroatoms. The van der Waals surface area contributed by atoms with E-state index >= 15 is 0 Å². The van der Waals surface area contributed by atoms with Gasteiger partial charge in [-0.1, -0.05) is 25.5 Å². The summed E-state index contributed by atoms with van der Waals surface area (Å²) in [5.74, 6) is -1.02. The van der Waals surface area contributed by atoms with Gasteiger partial charge in [0.25, 0.3) is 0 Å². The molecule has 4 atom stereocenters. The minimum absolute atomic E-state index is 0.0155. The first kappa shape index (κ1) is 15.5. The van der Waals surface area contributed by atoms with Crippen LogP contribution in [0, 0.1) is 0 Å². The minimum Gasteiger partial charge on any atom is -0.462 e. The number of aliphatic hydroxyl groups excluding tert-OH is 1. The van der Waals surface area contributed by atoms with Crippen LogP contribution in [-0.4, -0.2) is 41.3 Å². The van der Waals surface area contributed by atoms with E-state index in [9.17, 15) is 9.90 Å². The molecular formula is C15H24O5. The highest BCUT2D eigenvalue weighted by molar-refractivity contribution is 5.70. The molecule has 1 saturated heterocycles. The number of carbonyl (C=O) groups excluding carboxylic acids is 1. The third-order valence-corrected chi connectivity index (χ3v) is 3.52. The Morgan fingerprint density at radius 3 is 2.80 bits per heavy atom. The van der Waals surface area contributed by atoms with Gasteiger partial charge in [-0.3, -0.25) is 4.79 Å². The molecule has 114 valence electrons. The first-order valence-corrected chi connectivity index (χ1v) is 7.31. The van der Waals surface area contributed by atoms with E-state index in [4.69, 9.17) is 14.2 Å². The van der Waals surface area contributed by atoms with Gasteiger partial charge in [-0.15, -0.1) is 0 Å². The van der Waals surface area contributed by atoms with Crippen LogP contribution < -0.4 is 0 Å². The molecule has 0 aromatic rings. The van der Waals surface area contributed by atoms with Gasteiger partial charge in [0, 0.05) is 6.42 Å². The highest BCUT2D eigenvalue weighted by Gasteiger charge is 2.41. The summed E-state index contributed by atoms with van der Waals surface area (Å²) in [6.45, 7) is 5.78. The normalized spacial score (nSPS) is 38.9. The molecule has 2 heterocycles. The van der Waals surface area contributed by atoms with Crippen LogP contribution >= 0.6 is 0 Å². The van der Waals surface area contributed by atoms with Crippen molar-refractivity contribution < 1.29 is 24.1 Å². The lowest BCUT2D eigenvalue weighted by Gasteiger charge is -2.24. The van der Waals surface area contributed by atoms with Crippen LogP contribution in [0.1, 0.15) is 46.5 Å². The Hall–Kier alpha value is -0.910. The highest BCUT2D eigenvalue weighted by Crippen LogP contribution is 2.33. The fraction of sp³-hybridized carbons (Fsp3) is 0.800. The molecule has 0 spiro atoms. The van der Waals surface area contributed by atoms with E-state index in [-0.39, 0.29) is 30.7 Å². The molecule has 0 aromatic heterocycles. The maximum atomic E-state index is 11.7. The van der Waals surface area contributed by atoms with Crippen LogP contribution in [0.2, 0.25) is 0 Å². The summed E-state index contributed by atoms with van der Waals surface area (Å²) in [5.41, 5.74) is 0. The van der Waals surface area contributed by atoms with E-state index < -0.39 is 11.9 Å². The first-order valence-electron chi connectivity index (χ1n) is 7.31. The Balaban J connectivity index is 2.16. The lowest BCUT2D eigenvalue weighted by Crippen LogP contribution is -2.31. The van der Waals surface area contributed by atoms with E-state index in [1.807, 2.05) is 13.8 Å². The van der Waals surface area contributed by atoms with Crippen molar-refractivity contribution in [1.82, 2.24) is 0 Å². The van der Waals surface area contributed by atoms with E-state index in [0.717, 1.165) is 12.8 Å². The Kier molecular flexibility index (Phi) is 4.83. The van der Waals surface area contributed by atoms with Crippen LogP contribution in [0.4, 0.5) is 0 Å². The maximum absolute atomic E-state index is 11.7. The van der Waals surface area contributed by atoms with Gasteiger partial charge in [-0.05, 0) is 20.3 Å². The Morgan fingerprint density at radius 1 is 1.35 bits per heavy atom. The number of cyclic esters (lactones) is 1. The SMILES string of the molecule is CCC[C@@H]1C[C@@H]2OC(C)(C)O[C@H]2/C=C/[C@@H](O)CC(=O)O1. The third-order valence-electron chi connectivity index (χ3n) is 3.52. The molecule has 0 aliphatic carbocycles. The number of hydrogen-bond acceptors (Lipinski definition) is 5. The van der Waals surface area contributed by atoms with Gasteiger partial charge >= 0.3 is 5.97 Å². The largest absolute Gasteiger partial charge is 0.462 e. The van der Waals surface area contributed by atoms with Gasteiger partial charge < -0.3 is 19.3 Å². The molecule has 2 aliphatic heterocycles. The lowest BCUT2D eigenvalue weighted by molar-refractivity contribution is -0.156. The Labute approximate surface area is 119 Å². The summed E-state index contributed by atoms with van der Waals surface area (Å²) in [5, 5.41) is 9.78. The summed E-state index contributed by atoms with van der Waals surface area (Å²) < 4.78 is 17.2. The second kappa shape index (κ2) is 6.24. The van der Waals surface area contributed by atoms with Gasteiger partial charge in [-0.25, -0.2) is 0 Å². The molecule has 2 aliphatic rings. The van der Waals surface area contributed by atoms with E-state index in [0.29, 0.717) is 6.42 Å². The summed E-state index contributed by atoms with van der Waals surface area (Å²) in [6.07, 6.45) is 4.32. The molecular weight excluding hydrogens is 260 g/mol. The van der Waals surface area contributed by atoms with Gasteiger partial charge in [0.05, 0.1) is 18.6 Å². The Bertz CT molecular complexity index is 376. The number of fused-ring (bicyclic) bond motifs is 1. The average Bonchev–Trinajstić information content (AvgIpc) is 2.60. The fourth-order valence-electron chi connectivity index (χ4n) is 2.72. The quantitative estimate of drug-likeness (QED) is 0.620. The zero-order chi connectivity index (χ0) is 14.8. The van der Waals surface area contributed by atoms with Crippen molar-refractivity contribution in [3.8, 4) is 0 Å². The summed E-state index contributed by atoms with van der Waals surface area (Å²) in [6, 6.07) is 0. The standard InChI is InChI=1S/C15H24O5/c1-4-5-11-9-13-12(19-15(2,3)20-13)7-6-10(16)8-14(17)18-11/h6-7,10-13,16H,4-5,8-9H2,1-3H3/b7-6+/t10-,11-,12+,13+/m1/s1. The predicted molar refractivity (Wildman–Crippen MR) is 73.0 cm³/mol. The van der Waals surface area contributed by atoms with Crippen LogP contribution in [0.3, 0.4) is 0 Å². The minimum atomic E-state index is -0.837. The van der Waals surface area contributed by atoms with E-state index in [2.05, 4.69) is 6.92 Å². The van der Waals surface area contributed by atoms with E-state index in [1.165, 1.54) is 0 Å². The number of ether oxygens (including phenoxy) is 3. The van der Waals surface area contributed by atoms with Crippen molar-refractivity contribution in [2.75, 3.05) is 0 Å². The van der Waals surface area contributed by atoms with Gasteiger partial charge in [0.2, 0.25) is 0 Å². The molecule has 0 bridgehead atoms. The van der Waals surface area contributed by atoms with Gasteiger partial charge in [0.1, 0.15) is 12.2 Å². The van der Waals surface area contributed by atoms with Crippen molar-refractivity contribution in [3.05, 3.63) is 12.2 Å². The number of rotatable bonds is 2. The Morgan fingerprint density at radius 2 is 2.10 bits per heavy atom. The fourth-order valence-corrected chi connectivity index (χ4v) is 2.72. The molecule has 0 aromatic carbocycles. The lowest BCUT2D eigenvalue weighted by atomic mass is 10.0. The topological polar surface area (TPSA) is 65.0 Å². The molecule has 2 rings (SSSR count). The van der Waals surface area contributed by atoms with Crippen LogP contribution in [0.5, 0.6) is 0 Å². The first-order chi connectivity index (χ1) is 9.39. The molecule has 0 unspecified atom stereocenters. The molecule has 0 amide bonds. The number of aliphatic hydroxyl groups is 1. The molecule has 5 nitrogen and oxygen atoms in total. The molecule has 0 saturated carbocycles. The molecule has 1 fully saturated rings. The molecule has 1 N–H and O–H groups in total. The highest BCUT2D eigenvalue weighted by atomic mass is 16.8. The average molecular weight is 284 g/mol. The summed E-state index contributed by atoms with van der Waals surface area (Å²) in [4.78, 5) is 11.7. The summed E-state index contributed by atoms with van der Waals surface area (Å²) in [7, 11) is 0. The predicted octanol–water partition coefficient (Wildman–Crippen LogP) is 1.93. The third kappa shape index (κ3) is 4.04. The number of carbonyl (C=O) groups is 1. The van der Waals surface area contributed by atoms with Crippen LogP contribution in [0.15, 0.2) is 12.2 Å². The molecule has 20 heavy (non-hydrogen) atoms. The number of esters is 1. The van der Waals surface area contributed by atoms with Crippen molar-refractivity contribution in [3.63, 3.8) is 0 Å². The van der Waals surface area contributed by atoms with Gasteiger partial charge in [-0.2, -0.15) is 0 Å². The van der Waals surface area contributed by atoms with Crippen molar-refractivity contribution in [1.29, 1.82) is 0 Å². The maximum Gasteiger partial charge on any atom is 0.309 e. The monoisotopic (exact) mass is 284 g/mol. The van der Waals surface area contributed by atoms with Crippen molar-refractivity contribution in [2.24, 2.45) is 0 Å². The zero-order valence-electron chi connectivity index (χ0n) is 12.4. The number of hydrogen-bond donors (Lipinski definition) is 1. The molecule has 0 radical (unpaired) electrons. The zero-order valence-corrected chi connectivity index (χ0v) is 12.4. The van der Waals surface area contributed by atoms with Crippen LogP contribution in [0.25, 0.3) is 0 Å². The van der Waals surface area contributed by atoms with Gasteiger partial charge in [0.15, 0.2) is 5.79 Å². The summed E-state index contributed by atoms with van der Waals surface area (Å²) >= 11 is 0. The van der Waals surface area contributed by atoms with Crippen LogP contribution in [-0.2, 0) is 19.0 Å². The van der Waals surface area contributed by atoms with E-state index in [1.54, 1.807) is 12.2 Å². The smallest absolute Gasteiger partial charge is 0.309 e. The second-order valence-corrected chi connectivity index (χ2v) is 5.93. The van der Waals surface area contributed by atoms with Crippen molar-refractivity contribution >= 4 is 5.97 Å². The second-order valence-electron chi connectivity index (χ2n) is 5.93.